The third-order valence-electron chi connectivity index (χ3n) is 2.25. The van der Waals surface area contributed by atoms with Gasteiger partial charge in [0.05, 0.1) is 0 Å². The number of rotatable bonds is 3. The first-order valence-electron chi connectivity index (χ1n) is 4.48. The van der Waals surface area contributed by atoms with Crippen LogP contribution in [0.5, 0.6) is 0 Å². The maximum Gasteiger partial charge on any atom is 0.0313 e. The maximum atomic E-state index is 4.22. The van der Waals surface area contributed by atoms with Crippen LogP contribution in [0.4, 0.5) is 0 Å². The molecule has 64 valence electrons. The van der Waals surface area contributed by atoms with E-state index in [1.54, 1.807) is 0 Å². The molecule has 0 amide bonds. The molecule has 1 heterocycles. The Labute approximate surface area is 73.0 Å². The fourth-order valence-corrected chi connectivity index (χ4v) is 1.45. The lowest BCUT2D eigenvalue weighted by Gasteiger charge is -2.01. The minimum Gasteiger partial charge on any atom is -0.316 e. The molecule has 0 bridgehead atoms. The molecule has 2 heteroatoms. The smallest absolute Gasteiger partial charge is 0.0313 e. The SMILES string of the molecule is CNCc1cncc(C2CC2)c1. The topological polar surface area (TPSA) is 24.9 Å². The summed E-state index contributed by atoms with van der Waals surface area (Å²) < 4.78 is 0. The molecule has 1 aliphatic rings. The second-order valence-corrected chi connectivity index (χ2v) is 3.43. The van der Waals surface area contributed by atoms with Crippen molar-refractivity contribution in [2.45, 2.75) is 25.3 Å². The van der Waals surface area contributed by atoms with Gasteiger partial charge in [0.15, 0.2) is 0 Å². The Balaban J connectivity index is 2.15. The van der Waals surface area contributed by atoms with E-state index in [1.165, 1.54) is 24.0 Å². The Morgan fingerprint density at radius 3 is 3.00 bits per heavy atom. The largest absolute Gasteiger partial charge is 0.316 e. The van der Waals surface area contributed by atoms with E-state index >= 15 is 0 Å². The van der Waals surface area contributed by atoms with Gasteiger partial charge >= 0.3 is 0 Å². The molecular weight excluding hydrogens is 148 g/mol. The molecular formula is C10H14N2. The predicted molar refractivity (Wildman–Crippen MR) is 49.0 cm³/mol. The number of pyridine rings is 1. The van der Waals surface area contributed by atoms with Crippen molar-refractivity contribution in [2.24, 2.45) is 0 Å². The Morgan fingerprint density at radius 2 is 2.33 bits per heavy atom. The highest BCUT2D eigenvalue weighted by Crippen LogP contribution is 2.39. The van der Waals surface area contributed by atoms with Crippen molar-refractivity contribution >= 4 is 0 Å². The molecule has 1 aromatic heterocycles. The third kappa shape index (κ3) is 1.64. The summed E-state index contributed by atoms with van der Waals surface area (Å²) in [5.74, 6) is 0.814. The van der Waals surface area contributed by atoms with Gasteiger partial charge in [-0.05, 0) is 36.9 Å². The molecule has 0 unspecified atom stereocenters. The van der Waals surface area contributed by atoms with E-state index < -0.39 is 0 Å². The first kappa shape index (κ1) is 7.74. The van der Waals surface area contributed by atoms with E-state index in [2.05, 4.69) is 16.4 Å². The van der Waals surface area contributed by atoms with Gasteiger partial charge in [0.25, 0.3) is 0 Å². The second-order valence-electron chi connectivity index (χ2n) is 3.43. The summed E-state index contributed by atoms with van der Waals surface area (Å²) in [4.78, 5) is 4.22. The molecule has 0 saturated heterocycles. The van der Waals surface area contributed by atoms with E-state index in [1.807, 2.05) is 19.4 Å². The van der Waals surface area contributed by atoms with Crippen LogP contribution in [0.1, 0.15) is 29.9 Å². The highest BCUT2D eigenvalue weighted by Gasteiger charge is 2.23. The van der Waals surface area contributed by atoms with Crippen LogP contribution in [-0.2, 0) is 6.54 Å². The molecule has 0 radical (unpaired) electrons. The summed E-state index contributed by atoms with van der Waals surface area (Å²) >= 11 is 0. The lowest BCUT2D eigenvalue weighted by molar-refractivity contribution is 0.810. The maximum absolute atomic E-state index is 4.22. The summed E-state index contributed by atoms with van der Waals surface area (Å²) in [7, 11) is 1.96. The summed E-state index contributed by atoms with van der Waals surface area (Å²) in [6, 6.07) is 2.27. The van der Waals surface area contributed by atoms with Gasteiger partial charge in [-0.2, -0.15) is 0 Å². The van der Waals surface area contributed by atoms with Crippen molar-refractivity contribution in [1.82, 2.24) is 10.3 Å². The van der Waals surface area contributed by atoms with Crippen molar-refractivity contribution in [1.29, 1.82) is 0 Å². The van der Waals surface area contributed by atoms with Gasteiger partial charge in [-0.25, -0.2) is 0 Å². The van der Waals surface area contributed by atoms with Crippen molar-refractivity contribution in [2.75, 3.05) is 7.05 Å². The highest BCUT2D eigenvalue weighted by molar-refractivity contribution is 5.24. The number of nitrogens with zero attached hydrogens (tertiary/aromatic N) is 1. The highest BCUT2D eigenvalue weighted by atomic mass is 14.8. The van der Waals surface area contributed by atoms with Crippen LogP contribution in [-0.4, -0.2) is 12.0 Å². The van der Waals surface area contributed by atoms with E-state index in [-0.39, 0.29) is 0 Å². The third-order valence-corrected chi connectivity index (χ3v) is 2.25. The molecule has 2 rings (SSSR count). The van der Waals surface area contributed by atoms with Crippen molar-refractivity contribution in [3.63, 3.8) is 0 Å². The van der Waals surface area contributed by atoms with Gasteiger partial charge in [-0.3, -0.25) is 4.98 Å². The Bertz CT molecular complexity index is 266. The number of aromatic nitrogens is 1. The zero-order valence-electron chi connectivity index (χ0n) is 7.38. The fourth-order valence-electron chi connectivity index (χ4n) is 1.45. The molecule has 1 saturated carbocycles. The number of nitrogens with one attached hydrogen (secondary N) is 1. The van der Waals surface area contributed by atoms with Crippen LogP contribution in [0.25, 0.3) is 0 Å². The molecule has 0 atom stereocenters. The zero-order valence-corrected chi connectivity index (χ0v) is 7.38. The van der Waals surface area contributed by atoms with Gasteiger partial charge in [0.1, 0.15) is 0 Å². The van der Waals surface area contributed by atoms with Crippen LogP contribution in [0, 0.1) is 0 Å². The summed E-state index contributed by atoms with van der Waals surface area (Å²) in [6.45, 7) is 0.924. The van der Waals surface area contributed by atoms with Gasteiger partial charge in [-0.15, -0.1) is 0 Å². The van der Waals surface area contributed by atoms with Gasteiger partial charge < -0.3 is 5.32 Å². The Hall–Kier alpha value is -0.890. The summed E-state index contributed by atoms with van der Waals surface area (Å²) in [5.41, 5.74) is 2.71. The van der Waals surface area contributed by atoms with Crippen LogP contribution in [0.2, 0.25) is 0 Å². The van der Waals surface area contributed by atoms with E-state index in [0.29, 0.717) is 0 Å². The van der Waals surface area contributed by atoms with Crippen molar-refractivity contribution in [3.8, 4) is 0 Å². The molecule has 0 spiro atoms. The van der Waals surface area contributed by atoms with Gasteiger partial charge in [0.2, 0.25) is 0 Å². The predicted octanol–water partition coefficient (Wildman–Crippen LogP) is 1.68. The van der Waals surface area contributed by atoms with Crippen molar-refractivity contribution < 1.29 is 0 Å². The second kappa shape index (κ2) is 3.23. The molecule has 12 heavy (non-hydrogen) atoms. The fraction of sp³-hybridized carbons (Fsp3) is 0.500. The standard InChI is InChI=1S/C10H14N2/c1-11-5-8-4-10(7-12-6-8)9-2-3-9/h4,6-7,9,11H,2-3,5H2,1H3. The Kier molecular flexibility index (Phi) is 2.09. The van der Waals surface area contributed by atoms with E-state index in [4.69, 9.17) is 0 Å². The molecule has 1 aliphatic carbocycles. The van der Waals surface area contributed by atoms with Crippen LogP contribution in [0.3, 0.4) is 0 Å². The minimum absolute atomic E-state index is 0.814. The quantitative estimate of drug-likeness (QED) is 0.731. The normalized spacial score (nSPS) is 16.4. The van der Waals surface area contributed by atoms with Gasteiger partial charge in [-0.1, -0.05) is 6.07 Å². The lowest BCUT2D eigenvalue weighted by Crippen LogP contribution is -2.05. The minimum atomic E-state index is 0.814. The Morgan fingerprint density at radius 1 is 1.50 bits per heavy atom. The summed E-state index contributed by atoms with van der Waals surface area (Å²) in [6.07, 6.45) is 6.63. The number of hydrogen-bond donors (Lipinski definition) is 1. The van der Waals surface area contributed by atoms with Crippen LogP contribution >= 0.6 is 0 Å². The molecule has 1 aromatic rings. The van der Waals surface area contributed by atoms with E-state index in [0.717, 1.165) is 12.5 Å². The average Bonchev–Trinajstić information content (AvgIpc) is 2.88. The molecule has 1 fully saturated rings. The average molecular weight is 162 g/mol. The van der Waals surface area contributed by atoms with Crippen molar-refractivity contribution in [3.05, 3.63) is 29.6 Å². The molecule has 1 N–H and O–H groups in total. The van der Waals surface area contributed by atoms with Crippen LogP contribution < -0.4 is 5.32 Å². The van der Waals surface area contributed by atoms with Crippen LogP contribution in [0.15, 0.2) is 18.5 Å². The first-order chi connectivity index (χ1) is 5.90. The first-order valence-corrected chi connectivity index (χ1v) is 4.48. The monoisotopic (exact) mass is 162 g/mol. The van der Waals surface area contributed by atoms with E-state index in [9.17, 15) is 0 Å². The van der Waals surface area contributed by atoms with Gasteiger partial charge in [0, 0.05) is 18.9 Å². The molecule has 0 aliphatic heterocycles. The molecule has 0 aromatic carbocycles. The summed E-state index contributed by atoms with van der Waals surface area (Å²) in [5, 5.41) is 3.13. The number of hydrogen-bond acceptors (Lipinski definition) is 2. The zero-order chi connectivity index (χ0) is 8.39. The lowest BCUT2D eigenvalue weighted by atomic mass is 10.1. The molecule has 2 nitrogen and oxygen atoms in total.